The van der Waals surface area contributed by atoms with Crippen LogP contribution in [0.5, 0.6) is 0 Å². The molecule has 1 heterocycles. The highest BCUT2D eigenvalue weighted by Crippen LogP contribution is 2.31. The molecule has 1 fully saturated rings. The molecule has 1 rings (SSSR count). The molecule has 76 valence electrons. The van der Waals surface area contributed by atoms with Crippen LogP contribution in [0.25, 0.3) is 0 Å². The molecule has 0 aliphatic carbocycles. The molecule has 3 heteroatoms. The van der Waals surface area contributed by atoms with E-state index in [0.717, 1.165) is 19.4 Å². The van der Waals surface area contributed by atoms with Gasteiger partial charge in [0.15, 0.2) is 0 Å². The van der Waals surface area contributed by atoms with Crippen LogP contribution >= 0.6 is 0 Å². The molecule has 3 nitrogen and oxygen atoms in total. The average molecular weight is 185 g/mol. The van der Waals surface area contributed by atoms with E-state index in [9.17, 15) is 4.79 Å². The summed E-state index contributed by atoms with van der Waals surface area (Å²) < 4.78 is 0. The quantitative estimate of drug-likeness (QED) is 0.725. The van der Waals surface area contributed by atoms with Gasteiger partial charge in [-0.05, 0) is 33.2 Å². The molecular weight excluding hydrogens is 166 g/mol. The minimum absolute atomic E-state index is 0.510. The van der Waals surface area contributed by atoms with Gasteiger partial charge in [0, 0.05) is 12.6 Å². The highest BCUT2D eigenvalue weighted by Gasteiger charge is 2.41. The summed E-state index contributed by atoms with van der Waals surface area (Å²) in [4.78, 5) is 13.2. The van der Waals surface area contributed by atoms with Crippen LogP contribution in [0.2, 0.25) is 0 Å². The number of nitrogens with zero attached hydrogens (tertiary/aromatic N) is 1. The summed E-state index contributed by atoms with van der Waals surface area (Å²) >= 11 is 0. The average Bonchev–Trinajstić information content (AvgIpc) is 2.48. The Morgan fingerprint density at radius 1 is 1.69 bits per heavy atom. The van der Waals surface area contributed by atoms with Gasteiger partial charge in [-0.1, -0.05) is 6.92 Å². The summed E-state index contributed by atoms with van der Waals surface area (Å²) in [6, 6.07) is 0.515. The Balaban J connectivity index is 2.58. The fraction of sp³-hybridized carbons (Fsp3) is 0.900. The first-order valence-corrected chi connectivity index (χ1v) is 4.97. The molecule has 0 aromatic heterocycles. The van der Waals surface area contributed by atoms with Gasteiger partial charge < -0.3 is 5.11 Å². The standard InChI is InChI=1S/C10H19NO2/c1-4-8(2)11-6-5-10(3,7-11)9(12)13/h8H,4-7H2,1-3H3,(H,12,13). The van der Waals surface area contributed by atoms with Crippen molar-refractivity contribution in [2.75, 3.05) is 13.1 Å². The Kier molecular flexibility index (Phi) is 2.96. The van der Waals surface area contributed by atoms with E-state index >= 15 is 0 Å². The van der Waals surface area contributed by atoms with Crippen LogP contribution in [0.1, 0.15) is 33.6 Å². The molecule has 0 aromatic rings. The molecule has 1 N–H and O–H groups in total. The van der Waals surface area contributed by atoms with Crippen molar-refractivity contribution in [2.24, 2.45) is 5.41 Å². The third-order valence-electron chi connectivity index (χ3n) is 3.23. The first kappa shape index (κ1) is 10.5. The lowest BCUT2D eigenvalue weighted by molar-refractivity contribution is -0.147. The molecule has 1 aliphatic heterocycles. The Labute approximate surface area is 79.7 Å². The molecule has 0 saturated carbocycles. The predicted octanol–water partition coefficient (Wildman–Crippen LogP) is 1.58. The number of carboxylic acid groups (broad SMARTS) is 1. The van der Waals surface area contributed by atoms with Gasteiger partial charge in [0.25, 0.3) is 0 Å². The highest BCUT2D eigenvalue weighted by atomic mass is 16.4. The van der Waals surface area contributed by atoms with Crippen LogP contribution < -0.4 is 0 Å². The van der Waals surface area contributed by atoms with Gasteiger partial charge in [-0.25, -0.2) is 0 Å². The molecule has 0 radical (unpaired) electrons. The lowest BCUT2D eigenvalue weighted by atomic mass is 9.90. The molecule has 0 amide bonds. The summed E-state index contributed by atoms with van der Waals surface area (Å²) in [6.45, 7) is 7.78. The molecular formula is C10H19NO2. The van der Waals surface area contributed by atoms with Crippen molar-refractivity contribution in [3.8, 4) is 0 Å². The van der Waals surface area contributed by atoms with Crippen molar-refractivity contribution in [1.29, 1.82) is 0 Å². The maximum absolute atomic E-state index is 11.0. The third-order valence-corrected chi connectivity index (χ3v) is 3.23. The topological polar surface area (TPSA) is 40.5 Å². The second-order valence-electron chi connectivity index (χ2n) is 4.34. The summed E-state index contributed by atoms with van der Waals surface area (Å²) in [5.41, 5.74) is -0.510. The number of hydrogen-bond donors (Lipinski definition) is 1. The molecule has 2 unspecified atom stereocenters. The number of carboxylic acids is 1. The number of rotatable bonds is 3. The molecule has 1 aliphatic rings. The van der Waals surface area contributed by atoms with Gasteiger partial charge in [-0.3, -0.25) is 9.69 Å². The first-order valence-electron chi connectivity index (χ1n) is 4.97. The molecule has 2 atom stereocenters. The Bertz CT molecular complexity index is 205. The van der Waals surface area contributed by atoms with Crippen molar-refractivity contribution >= 4 is 5.97 Å². The van der Waals surface area contributed by atoms with Crippen molar-refractivity contribution < 1.29 is 9.90 Å². The number of hydrogen-bond acceptors (Lipinski definition) is 2. The maximum atomic E-state index is 11.0. The zero-order chi connectivity index (χ0) is 10.1. The van der Waals surface area contributed by atoms with Gasteiger partial charge in [0.05, 0.1) is 5.41 Å². The lowest BCUT2D eigenvalue weighted by Gasteiger charge is -2.24. The maximum Gasteiger partial charge on any atom is 0.310 e. The van der Waals surface area contributed by atoms with Crippen molar-refractivity contribution in [1.82, 2.24) is 4.90 Å². The highest BCUT2D eigenvalue weighted by molar-refractivity contribution is 5.74. The van der Waals surface area contributed by atoms with E-state index in [2.05, 4.69) is 18.7 Å². The lowest BCUT2D eigenvalue weighted by Crippen LogP contribution is -2.35. The van der Waals surface area contributed by atoms with Gasteiger partial charge >= 0.3 is 5.97 Å². The summed E-state index contributed by atoms with van der Waals surface area (Å²) in [6.07, 6.45) is 1.88. The second kappa shape index (κ2) is 3.66. The normalized spacial score (nSPS) is 31.9. The van der Waals surface area contributed by atoms with Crippen molar-refractivity contribution in [2.45, 2.75) is 39.7 Å². The molecule has 13 heavy (non-hydrogen) atoms. The molecule has 0 aromatic carbocycles. The van der Waals surface area contributed by atoms with Crippen molar-refractivity contribution in [3.63, 3.8) is 0 Å². The minimum atomic E-state index is -0.654. The number of carbonyl (C=O) groups is 1. The van der Waals surface area contributed by atoms with E-state index in [1.54, 1.807) is 0 Å². The number of likely N-dealkylation sites (tertiary alicyclic amines) is 1. The Morgan fingerprint density at radius 3 is 2.69 bits per heavy atom. The largest absolute Gasteiger partial charge is 0.481 e. The van der Waals surface area contributed by atoms with Crippen LogP contribution in [0.4, 0.5) is 0 Å². The Hall–Kier alpha value is -0.570. The van der Waals surface area contributed by atoms with Crippen LogP contribution in [0.3, 0.4) is 0 Å². The first-order chi connectivity index (χ1) is 5.99. The van der Waals surface area contributed by atoms with Gasteiger partial charge in [0.1, 0.15) is 0 Å². The molecule has 0 spiro atoms. The van der Waals surface area contributed by atoms with E-state index in [1.807, 2.05) is 6.92 Å². The SMILES string of the molecule is CCC(C)N1CCC(C)(C(=O)O)C1. The predicted molar refractivity (Wildman–Crippen MR) is 51.7 cm³/mol. The Morgan fingerprint density at radius 2 is 2.31 bits per heavy atom. The minimum Gasteiger partial charge on any atom is -0.481 e. The zero-order valence-corrected chi connectivity index (χ0v) is 8.71. The van der Waals surface area contributed by atoms with Gasteiger partial charge in [0.2, 0.25) is 0 Å². The zero-order valence-electron chi connectivity index (χ0n) is 8.71. The van der Waals surface area contributed by atoms with Crippen LogP contribution in [0.15, 0.2) is 0 Å². The third kappa shape index (κ3) is 2.02. The van der Waals surface area contributed by atoms with Crippen LogP contribution in [-0.4, -0.2) is 35.1 Å². The second-order valence-corrected chi connectivity index (χ2v) is 4.34. The molecule has 1 saturated heterocycles. The smallest absolute Gasteiger partial charge is 0.310 e. The van der Waals surface area contributed by atoms with E-state index in [1.165, 1.54) is 0 Å². The van der Waals surface area contributed by atoms with Gasteiger partial charge in [-0.15, -0.1) is 0 Å². The van der Waals surface area contributed by atoms with E-state index in [4.69, 9.17) is 5.11 Å². The van der Waals surface area contributed by atoms with Crippen LogP contribution in [0, 0.1) is 5.41 Å². The van der Waals surface area contributed by atoms with Crippen molar-refractivity contribution in [3.05, 3.63) is 0 Å². The molecule has 0 bridgehead atoms. The fourth-order valence-corrected chi connectivity index (χ4v) is 1.81. The van der Waals surface area contributed by atoms with Gasteiger partial charge in [-0.2, -0.15) is 0 Å². The van der Waals surface area contributed by atoms with E-state index in [-0.39, 0.29) is 0 Å². The number of aliphatic carboxylic acids is 1. The summed E-state index contributed by atoms with van der Waals surface area (Å²) in [5, 5.41) is 9.02. The van der Waals surface area contributed by atoms with E-state index in [0.29, 0.717) is 12.6 Å². The fourth-order valence-electron chi connectivity index (χ4n) is 1.81. The summed E-state index contributed by atoms with van der Waals surface area (Å²) in [7, 11) is 0. The van der Waals surface area contributed by atoms with E-state index < -0.39 is 11.4 Å². The van der Waals surface area contributed by atoms with Crippen LogP contribution in [-0.2, 0) is 4.79 Å². The summed E-state index contributed by atoms with van der Waals surface area (Å²) in [5.74, 6) is -0.654. The monoisotopic (exact) mass is 185 g/mol.